The fourth-order valence-electron chi connectivity index (χ4n) is 3.37. The van der Waals surface area contributed by atoms with E-state index in [-0.39, 0.29) is 18.0 Å². The van der Waals surface area contributed by atoms with Gasteiger partial charge in [0.1, 0.15) is 5.82 Å². The number of piperidine rings is 1. The van der Waals surface area contributed by atoms with Crippen LogP contribution in [-0.2, 0) is 11.3 Å². The molecule has 0 aromatic heterocycles. The van der Waals surface area contributed by atoms with Crippen LogP contribution in [0, 0.1) is 11.7 Å². The number of nitrogens with zero attached hydrogens (tertiary/aromatic N) is 1. The number of hydrogen-bond donors (Lipinski definition) is 2. The quantitative estimate of drug-likeness (QED) is 0.867. The van der Waals surface area contributed by atoms with Crippen molar-refractivity contribution in [3.8, 4) is 0 Å². The van der Waals surface area contributed by atoms with Gasteiger partial charge in [-0.1, -0.05) is 19.1 Å². The number of nitrogens with one attached hydrogen (secondary N) is 1. The topological polar surface area (TPSA) is 44.7 Å². The number of rotatable bonds is 5. The Morgan fingerprint density at radius 2 is 1.96 bits per heavy atom. The highest BCUT2D eigenvalue weighted by Crippen LogP contribution is 2.20. The zero-order valence-electron chi connectivity index (χ0n) is 13.7. The molecule has 2 aliphatic heterocycles. The molecule has 0 unspecified atom stereocenters. The zero-order valence-corrected chi connectivity index (χ0v) is 13.7. The summed E-state index contributed by atoms with van der Waals surface area (Å²) in [5, 5.41) is 13.8. The highest BCUT2D eigenvalue weighted by atomic mass is 19.1. The van der Waals surface area contributed by atoms with Gasteiger partial charge in [-0.15, -0.1) is 0 Å². The van der Waals surface area contributed by atoms with E-state index in [0.717, 1.165) is 31.1 Å². The van der Waals surface area contributed by atoms with Crippen molar-refractivity contribution in [2.75, 3.05) is 26.2 Å². The van der Waals surface area contributed by atoms with Crippen molar-refractivity contribution >= 4 is 0 Å². The largest absolute Gasteiger partial charge is 0.389 e. The second-order valence-corrected chi connectivity index (χ2v) is 6.96. The van der Waals surface area contributed by atoms with Gasteiger partial charge in [0, 0.05) is 13.1 Å². The minimum absolute atomic E-state index is 0.0613. The monoisotopic (exact) mass is 322 g/mol. The normalized spacial score (nSPS) is 30.0. The van der Waals surface area contributed by atoms with Gasteiger partial charge in [-0.3, -0.25) is 0 Å². The summed E-state index contributed by atoms with van der Waals surface area (Å²) in [6.07, 6.45) is 1.85. The van der Waals surface area contributed by atoms with Gasteiger partial charge in [-0.2, -0.15) is 0 Å². The van der Waals surface area contributed by atoms with Gasteiger partial charge >= 0.3 is 0 Å². The van der Waals surface area contributed by atoms with E-state index in [1.165, 1.54) is 25.0 Å². The molecule has 0 amide bonds. The number of likely N-dealkylation sites (tertiary alicyclic amines) is 1. The van der Waals surface area contributed by atoms with Gasteiger partial charge in [-0.25, -0.2) is 4.39 Å². The Kier molecular flexibility index (Phi) is 5.64. The third-order valence-electron chi connectivity index (χ3n) is 5.08. The predicted octanol–water partition coefficient (Wildman–Crippen LogP) is 1.78. The average molecular weight is 322 g/mol. The van der Waals surface area contributed by atoms with E-state index in [4.69, 9.17) is 4.74 Å². The van der Waals surface area contributed by atoms with Gasteiger partial charge in [0.25, 0.3) is 0 Å². The molecule has 0 saturated carbocycles. The fourth-order valence-corrected chi connectivity index (χ4v) is 3.37. The predicted molar refractivity (Wildman–Crippen MR) is 87.6 cm³/mol. The molecule has 0 radical (unpaired) electrons. The first-order valence-corrected chi connectivity index (χ1v) is 8.61. The number of benzene rings is 1. The van der Waals surface area contributed by atoms with Crippen LogP contribution in [0.15, 0.2) is 24.3 Å². The van der Waals surface area contributed by atoms with E-state index in [1.807, 2.05) is 0 Å². The Morgan fingerprint density at radius 3 is 2.65 bits per heavy atom. The smallest absolute Gasteiger partial charge is 0.123 e. The van der Waals surface area contributed by atoms with Gasteiger partial charge in [0.2, 0.25) is 0 Å². The molecule has 2 N–H and O–H groups in total. The summed E-state index contributed by atoms with van der Waals surface area (Å²) in [5.74, 6) is 0.583. The van der Waals surface area contributed by atoms with Gasteiger partial charge in [0.05, 0.1) is 24.9 Å². The Bertz CT molecular complexity index is 488. The lowest BCUT2D eigenvalue weighted by molar-refractivity contribution is 0.00859. The first-order chi connectivity index (χ1) is 11.1. The fraction of sp³-hybridized carbons (Fsp3) is 0.667. The molecule has 4 nitrogen and oxygen atoms in total. The molecule has 3 rings (SSSR count). The summed E-state index contributed by atoms with van der Waals surface area (Å²) in [6.45, 7) is 6.44. The summed E-state index contributed by atoms with van der Waals surface area (Å²) < 4.78 is 18.7. The van der Waals surface area contributed by atoms with Crippen LogP contribution >= 0.6 is 0 Å². The summed E-state index contributed by atoms with van der Waals surface area (Å²) in [6, 6.07) is 6.37. The minimum Gasteiger partial charge on any atom is -0.389 e. The van der Waals surface area contributed by atoms with E-state index in [9.17, 15) is 9.50 Å². The van der Waals surface area contributed by atoms with Crippen LogP contribution in [-0.4, -0.2) is 54.5 Å². The number of aliphatic hydroxyl groups excluding tert-OH is 1. The molecule has 1 aromatic rings. The van der Waals surface area contributed by atoms with Crippen LogP contribution in [0.25, 0.3) is 0 Å². The molecule has 2 aliphatic rings. The molecule has 0 bridgehead atoms. The second kappa shape index (κ2) is 7.71. The second-order valence-electron chi connectivity index (χ2n) is 6.96. The van der Waals surface area contributed by atoms with Crippen LogP contribution < -0.4 is 5.32 Å². The van der Waals surface area contributed by atoms with E-state index in [2.05, 4.69) is 17.1 Å². The summed E-state index contributed by atoms with van der Waals surface area (Å²) in [5.41, 5.74) is 1.01. The highest BCUT2D eigenvalue weighted by molar-refractivity contribution is 5.16. The third-order valence-corrected chi connectivity index (χ3v) is 5.08. The molecule has 0 aliphatic carbocycles. The maximum Gasteiger partial charge on any atom is 0.123 e. The Balaban J connectivity index is 1.44. The van der Waals surface area contributed by atoms with E-state index < -0.39 is 6.10 Å². The molecule has 2 fully saturated rings. The van der Waals surface area contributed by atoms with E-state index >= 15 is 0 Å². The summed E-state index contributed by atoms with van der Waals surface area (Å²) in [4.78, 5) is 2.40. The van der Waals surface area contributed by atoms with Crippen molar-refractivity contribution in [2.45, 2.75) is 44.6 Å². The van der Waals surface area contributed by atoms with Crippen molar-refractivity contribution in [3.05, 3.63) is 35.6 Å². The molecule has 128 valence electrons. The van der Waals surface area contributed by atoms with Crippen molar-refractivity contribution in [3.63, 3.8) is 0 Å². The first kappa shape index (κ1) is 16.8. The van der Waals surface area contributed by atoms with Crippen LogP contribution in [0.5, 0.6) is 0 Å². The zero-order chi connectivity index (χ0) is 16.2. The highest BCUT2D eigenvalue weighted by Gasteiger charge is 2.36. The van der Waals surface area contributed by atoms with Crippen molar-refractivity contribution in [1.82, 2.24) is 10.2 Å². The Morgan fingerprint density at radius 1 is 1.26 bits per heavy atom. The molecular weight excluding hydrogens is 295 g/mol. The summed E-state index contributed by atoms with van der Waals surface area (Å²) >= 11 is 0. The van der Waals surface area contributed by atoms with Crippen molar-refractivity contribution in [1.29, 1.82) is 0 Å². The maximum atomic E-state index is 12.9. The molecule has 0 spiro atoms. The van der Waals surface area contributed by atoms with Gasteiger partial charge in [0.15, 0.2) is 0 Å². The minimum atomic E-state index is -0.491. The first-order valence-electron chi connectivity index (χ1n) is 8.61. The lowest BCUT2D eigenvalue weighted by Gasteiger charge is -2.32. The summed E-state index contributed by atoms with van der Waals surface area (Å²) in [7, 11) is 0. The number of ether oxygens (including phenoxy) is 1. The Labute approximate surface area is 137 Å². The maximum absolute atomic E-state index is 12.9. The van der Waals surface area contributed by atoms with Gasteiger partial charge < -0.3 is 20.1 Å². The van der Waals surface area contributed by atoms with Crippen LogP contribution in [0.4, 0.5) is 4.39 Å². The Hall–Kier alpha value is -1.01. The lowest BCUT2D eigenvalue weighted by Crippen LogP contribution is -2.46. The molecular formula is C18H27FN2O2. The molecule has 3 atom stereocenters. The standard InChI is InChI=1S/C18H27FN2O2/c1-13-6-8-21(9-7-13)11-17-18(22)16(12-23-17)20-10-14-2-4-15(19)5-3-14/h2-5,13,16-18,20,22H,6-12H2,1H3/t16-,17-,18+/m0/s1. The molecule has 2 saturated heterocycles. The lowest BCUT2D eigenvalue weighted by atomic mass is 9.98. The van der Waals surface area contributed by atoms with Crippen LogP contribution in [0.2, 0.25) is 0 Å². The van der Waals surface area contributed by atoms with E-state index in [1.54, 1.807) is 12.1 Å². The molecule has 5 heteroatoms. The van der Waals surface area contributed by atoms with Crippen LogP contribution in [0.3, 0.4) is 0 Å². The van der Waals surface area contributed by atoms with Crippen molar-refractivity contribution < 1.29 is 14.2 Å². The molecule has 23 heavy (non-hydrogen) atoms. The average Bonchev–Trinajstić information content (AvgIpc) is 2.90. The third kappa shape index (κ3) is 4.51. The molecule has 2 heterocycles. The van der Waals surface area contributed by atoms with Crippen molar-refractivity contribution in [2.24, 2.45) is 5.92 Å². The number of aliphatic hydroxyl groups is 1. The van der Waals surface area contributed by atoms with E-state index in [0.29, 0.717) is 13.2 Å². The van der Waals surface area contributed by atoms with Crippen LogP contribution in [0.1, 0.15) is 25.3 Å². The van der Waals surface area contributed by atoms with Gasteiger partial charge in [-0.05, 0) is 49.5 Å². The SMILES string of the molecule is CC1CCN(C[C@@H]2OC[C@H](NCc3ccc(F)cc3)[C@H]2O)CC1. The molecule has 1 aromatic carbocycles. The number of hydrogen-bond acceptors (Lipinski definition) is 4. The number of halogens is 1.